The van der Waals surface area contributed by atoms with Gasteiger partial charge in [-0.3, -0.25) is 9.48 Å². The van der Waals surface area contributed by atoms with E-state index in [4.69, 9.17) is 9.47 Å². The van der Waals surface area contributed by atoms with Crippen LogP contribution < -0.4 is 5.32 Å². The molecule has 102 valence electrons. The maximum atomic E-state index is 12.2. The Kier molecular flexibility index (Phi) is 4.86. The fourth-order valence-corrected chi connectivity index (χ4v) is 1.95. The molecule has 0 fully saturated rings. The van der Waals surface area contributed by atoms with E-state index in [2.05, 4.69) is 10.4 Å². The minimum atomic E-state index is -0.466. The van der Waals surface area contributed by atoms with Crippen LogP contribution in [0.15, 0.2) is 0 Å². The number of amides is 1. The zero-order valence-corrected chi connectivity index (χ0v) is 11.8. The summed E-state index contributed by atoms with van der Waals surface area (Å²) in [7, 11) is 4.89. The lowest BCUT2D eigenvalue weighted by Gasteiger charge is -2.22. The van der Waals surface area contributed by atoms with Crippen LogP contribution in [0.25, 0.3) is 0 Å². The smallest absolute Gasteiger partial charge is 0.255 e. The molecule has 1 aromatic rings. The molecule has 0 bridgehead atoms. The first-order valence-corrected chi connectivity index (χ1v) is 5.79. The molecule has 0 aromatic carbocycles. The Bertz CT molecular complexity index is 424. The monoisotopic (exact) mass is 255 g/mol. The second-order valence-electron chi connectivity index (χ2n) is 4.27. The van der Waals surface area contributed by atoms with Gasteiger partial charge in [-0.25, -0.2) is 0 Å². The van der Waals surface area contributed by atoms with Crippen LogP contribution in [0, 0.1) is 13.8 Å². The molecule has 1 unspecified atom stereocenters. The molecular formula is C12H21N3O3. The third-order valence-electron chi connectivity index (χ3n) is 2.97. The van der Waals surface area contributed by atoms with E-state index in [0.717, 1.165) is 5.69 Å². The standard InChI is InChI=1S/C12H21N3O3/c1-7-10(9(3)15(4)14-7)11(16)13-8(2)12(17-5)18-6/h8,12H,1-6H3,(H,13,16). The molecular weight excluding hydrogens is 234 g/mol. The van der Waals surface area contributed by atoms with Gasteiger partial charge in [0.05, 0.1) is 17.3 Å². The van der Waals surface area contributed by atoms with E-state index >= 15 is 0 Å². The number of nitrogens with zero attached hydrogens (tertiary/aromatic N) is 2. The summed E-state index contributed by atoms with van der Waals surface area (Å²) < 4.78 is 11.9. The van der Waals surface area contributed by atoms with Crippen LogP contribution in [-0.2, 0) is 16.5 Å². The van der Waals surface area contributed by atoms with Crippen molar-refractivity contribution in [3.05, 3.63) is 17.0 Å². The van der Waals surface area contributed by atoms with Gasteiger partial charge in [-0.05, 0) is 20.8 Å². The summed E-state index contributed by atoms with van der Waals surface area (Å²) in [6, 6.07) is -0.244. The summed E-state index contributed by atoms with van der Waals surface area (Å²) in [5.41, 5.74) is 2.16. The van der Waals surface area contributed by atoms with E-state index in [1.807, 2.05) is 27.8 Å². The zero-order valence-electron chi connectivity index (χ0n) is 11.8. The van der Waals surface area contributed by atoms with Gasteiger partial charge in [0.25, 0.3) is 5.91 Å². The number of aryl methyl sites for hydroxylation is 2. The highest BCUT2D eigenvalue weighted by Crippen LogP contribution is 2.12. The molecule has 1 atom stereocenters. The van der Waals surface area contributed by atoms with Crippen molar-refractivity contribution >= 4 is 5.91 Å². The predicted molar refractivity (Wildman–Crippen MR) is 67.4 cm³/mol. The third kappa shape index (κ3) is 2.88. The van der Waals surface area contributed by atoms with Gasteiger partial charge in [0.15, 0.2) is 6.29 Å². The van der Waals surface area contributed by atoms with Gasteiger partial charge in [0.1, 0.15) is 0 Å². The van der Waals surface area contributed by atoms with E-state index < -0.39 is 6.29 Å². The summed E-state index contributed by atoms with van der Waals surface area (Å²) in [6.45, 7) is 5.51. The SMILES string of the molecule is COC(OC)C(C)NC(=O)c1c(C)nn(C)c1C. The van der Waals surface area contributed by atoms with Gasteiger partial charge in [-0.2, -0.15) is 5.10 Å². The maximum absolute atomic E-state index is 12.2. The average Bonchev–Trinajstić information content (AvgIpc) is 2.54. The molecule has 0 aliphatic carbocycles. The van der Waals surface area contributed by atoms with Crippen LogP contribution in [0.2, 0.25) is 0 Å². The number of carbonyl (C=O) groups excluding carboxylic acids is 1. The van der Waals surface area contributed by atoms with Crippen molar-refractivity contribution in [1.82, 2.24) is 15.1 Å². The van der Waals surface area contributed by atoms with Gasteiger partial charge in [-0.15, -0.1) is 0 Å². The van der Waals surface area contributed by atoms with Crippen LogP contribution >= 0.6 is 0 Å². The van der Waals surface area contributed by atoms with Gasteiger partial charge in [0, 0.05) is 27.0 Å². The molecule has 1 N–H and O–H groups in total. The lowest BCUT2D eigenvalue weighted by atomic mass is 10.1. The molecule has 0 radical (unpaired) electrons. The molecule has 0 aliphatic heterocycles. The number of aromatic nitrogens is 2. The van der Waals surface area contributed by atoms with Gasteiger partial charge >= 0.3 is 0 Å². The lowest BCUT2D eigenvalue weighted by molar-refractivity contribution is -0.117. The second kappa shape index (κ2) is 5.97. The van der Waals surface area contributed by atoms with Crippen molar-refractivity contribution in [3.8, 4) is 0 Å². The van der Waals surface area contributed by atoms with Gasteiger partial charge in [0.2, 0.25) is 0 Å². The second-order valence-corrected chi connectivity index (χ2v) is 4.27. The highest BCUT2D eigenvalue weighted by molar-refractivity contribution is 5.96. The van der Waals surface area contributed by atoms with E-state index in [-0.39, 0.29) is 11.9 Å². The van der Waals surface area contributed by atoms with Crippen molar-refractivity contribution in [3.63, 3.8) is 0 Å². The Morgan fingerprint density at radius 3 is 2.28 bits per heavy atom. The first kappa shape index (κ1) is 14.7. The molecule has 0 saturated carbocycles. The van der Waals surface area contributed by atoms with Crippen molar-refractivity contribution < 1.29 is 14.3 Å². The number of ether oxygens (including phenoxy) is 2. The van der Waals surface area contributed by atoms with E-state index in [9.17, 15) is 4.79 Å². The van der Waals surface area contributed by atoms with E-state index in [0.29, 0.717) is 11.3 Å². The summed E-state index contributed by atoms with van der Waals surface area (Å²) in [4.78, 5) is 12.2. The minimum absolute atomic E-state index is 0.162. The number of hydrogen-bond acceptors (Lipinski definition) is 4. The van der Waals surface area contributed by atoms with Crippen molar-refractivity contribution in [1.29, 1.82) is 0 Å². The topological polar surface area (TPSA) is 65.4 Å². The Hall–Kier alpha value is -1.40. The number of methoxy groups -OCH3 is 2. The molecule has 0 saturated heterocycles. The van der Waals surface area contributed by atoms with Crippen molar-refractivity contribution in [2.75, 3.05) is 14.2 Å². The Balaban J connectivity index is 2.82. The number of rotatable bonds is 5. The largest absolute Gasteiger partial charge is 0.354 e. The zero-order chi connectivity index (χ0) is 13.9. The Labute approximate surface area is 107 Å². The normalized spacial score (nSPS) is 12.8. The molecule has 1 amide bonds. The molecule has 6 nitrogen and oxygen atoms in total. The van der Waals surface area contributed by atoms with Crippen LogP contribution in [0.1, 0.15) is 28.7 Å². The molecule has 0 spiro atoms. The van der Waals surface area contributed by atoms with Crippen LogP contribution in [0.5, 0.6) is 0 Å². The fraction of sp³-hybridized carbons (Fsp3) is 0.667. The molecule has 1 rings (SSSR count). The molecule has 0 aliphatic rings. The highest BCUT2D eigenvalue weighted by atomic mass is 16.7. The average molecular weight is 255 g/mol. The fourth-order valence-electron chi connectivity index (χ4n) is 1.95. The van der Waals surface area contributed by atoms with E-state index in [1.165, 1.54) is 14.2 Å². The molecule has 1 aromatic heterocycles. The lowest BCUT2D eigenvalue weighted by Crippen LogP contribution is -2.43. The van der Waals surface area contributed by atoms with Crippen LogP contribution in [-0.4, -0.2) is 42.2 Å². The quantitative estimate of drug-likeness (QED) is 0.789. The third-order valence-corrected chi connectivity index (χ3v) is 2.97. The number of hydrogen-bond donors (Lipinski definition) is 1. The van der Waals surface area contributed by atoms with E-state index in [1.54, 1.807) is 4.68 Å². The number of carbonyl (C=O) groups is 1. The van der Waals surface area contributed by atoms with Gasteiger partial charge < -0.3 is 14.8 Å². The predicted octanol–water partition coefficient (Wildman–Crippen LogP) is 0.774. The maximum Gasteiger partial charge on any atom is 0.255 e. The van der Waals surface area contributed by atoms with Crippen LogP contribution in [0.4, 0.5) is 0 Å². The summed E-state index contributed by atoms with van der Waals surface area (Å²) in [5.74, 6) is -0.162. The highest BCUT2D eigenvalue weighted by Gasteiger charge is 2.22. The Morgan fingerprint density at radius 2 is 1.89 bits per heavy atom. The van der Waals surface area contributed by atoms with Crippen LogP contribution in [0.3, 0.4) is 0 Å². The molecule has 1 heterocycles. The molecule has 18 heavy (non-hydrogen) atoms. The summed E-state index contributed by atoms with van der Waals surface area (Å²) in [6.07, 6.45) is -0.466. The number of nitrogens with one attached hydrogen (secondary N) is 1. The summed E-state index contributed by atoms with van der Waals surface area (Å²) >= 11 is 0. The first-order valence-electron chi connectivity index (χ1n) is 5.79. The molecule has 6 heteroatoms. The Morgan fingerprint density at radius 1 is 1.33 bits per heavy atom. The van der Waals surface area contributed by atoms with Crippen molar-refractivity contribution in [2.45, 2.75) is 33.1 Å². The van der Waals surface area contributed by atoms with Gasteiger partial charge in [-0.1, -0.05) is 0 Å². The minimum Gasteiger partial charge on any atom is -0.354 e. The first-order chi connectivity index (χ1) is 8.42. The van der Waals surface area contributed by atoms with Crippen molar-refractivity contribution in [2.24, 2.45) is 7.05 Å². The summed E-state index contributed by atoms with van der Waals surface area (Å²) in [5, 5.41) is 7.07.